The van der Waals surface area contributed by atoms with Crippen LogP contribution in [0.3, 0.4) is 0 Å². The standard InChI is InChI=1S/2C28H28B.2C18H18N4.4CH2Cl2.2CO.2Rh/c2*1-21-5-13-25(14-6-21)29(26-15-7-22(2)8-16-26,27-17-9-23(3)10-18-27)28-19-11-24(4)12-20-28;2*1-4-10-19-16(7-1)13-22(14-17-8-2-5-11-20-17)15-18-9-3-6-12-21-18;4*2-1-3;2*1-2;;/h2*5-20H,1-4H3;2*1-12H,13-15H2;4*1H2;;;;/q2*-1;;;;;;;;;2*+2. The van der Waals surface area contributed by atoms with Crippen LogP contribution in [0.1, 0.15) is 78.7 Å². The molecule has 0 aliphatic heterocycles. The quantitative estimate of drug-likeness (QED) is 0.0320. The first-order valence-corrected chi connectivity index (χ1v) is 42.3. The van der Waals surface area contributed by atoms with Gasteiger partial charge in [0.25, 0.3) is 0 Å². The van der Waals surface area contributed by atoms with E-state index in [9.17, 15) is 0 Å². The van der Waals surface area contributed by atoms with Crippen LogP contribution in [0.2, 0.25) is 0 Å². The minimum absolute atomic E-state index is 0. The summed E-state index contributed by atoms with van der Waals surface area (Å²) in [5.74, 6) is 0. The largest absolute Gasteiger partial charge is 2.00 e. The topological polar surface area (TPSA) is 124 Å². The molecule has 0 aliphatic rings. The van der Waals surface area contributed by atoms with Crippen LogP contribution in [0.5, 0.6) is 0 Å². The minimum Gasteiger partial charge on any atom is -0.286 e. The number of nitrogens with zero attached hydrogens (tertiary/aromatic N) is 8. The number of pyridine rings is 6. The predicted molar refractivity (Wildman–Crippen MR) is 503 cm³/mol. The molecule has 120 heavy (non-hydrogen) atoms. The Kier molecular flexibility index (Phi) is 54.0. The van der Waals surface area contributed by atoms with Gasteiger partial charge < -0.3 is 0 Å². The molecule has 2 radical (unpaired) electrons. The zero-order chi connectivity index (χ0) is 85.8. The number of rotatable bonds is 20. The summed E-state index contributed by atoms with van der Waals surface area (Å²) < 4.78 is 15.0. The predicted octanol–water partition coefficient (Wildman–Crippen LogP) is 20.3. The summed E-state index contributed by atoms with van der Waals surface area (Å²) in [5.41, 5.74) is 27.4. The maximum Gasteiger partial charge on any atom is 2.00 e. The molecule has 14 aromatic rings. The molecule has 0 aliphatic carbocycles. The summed E-state index contributed by atoms with van der Waals surface area (Å²) in [6, 6.07) is 109. The Balaban J connectivity index is 0.000000390. The monoisotopic (exact) mass is 1930 g/mol. The van der Waals surface area contributed by atoms with E-state index in [0.29, 0.717) is 0 Å². The molecule has 22 heteroatoms. The van der Waals surface area contributed by atoms with Gasteiger partial charge in [-0.1, -0.05) is 275 Å². The SMILES string of the molecule is Cc1ccc([B-](c2ccc(C)cc2)(c2ccc(C)cc2)c2ccc(C)cc2)cc1.Cc1ccc([B-](c2ccc(C)cc2)(c2ccc(C)cc2)c2ccc(C)cc2)cc1.ClCCl.ClCCl.ClCCl.ClCCl.[C-]#[O+].[C-]#[O+].[Rh+2].[Rh+2].c1ccc(CN(Cc2ccccn2)Cc2ccccn2)nc1.c1ccc(CN(Cc2ccccn2)Cc2ccccn2)nc1. The smallest absolute Gasteiger partial charge is 0.286 e. The number of alkyl halides is 8. The summed E-state index contributed by atoms with van der Waals surface area (Å²) in [6.07, 6.45) is 8.42. The van der Waals surface area contributed by atoms with Crippen LogP contribution >= 0.6 is 92.8 Å². The average molecular weight is 1930 g/mol. The number of hydrogen-bond acceptors (Lipinski definition) is 8. The molecule has 622 valence electrons. The van der Waals surface area contributed by atoms with Gasteiger partial charge >= 0.3 is 61.6 Å². The van der Waals surface area contributed by atoms with Crippen molar-refractivity contribution in [3.63, 3.8) is 0 Å². The van der Waals surface area contributed by atoms with Crippen LogP contribution in [0.4, 0.5) is 0 Å². The minimum atomic E-state index is -1.27. The van der Waals surface area contributed by atoms with E-state index in [-0.39, 0.29) is 60.3 Å². The van der Waals surface area contributed by atoms with Gasteiger partial charge in [0.05, 0.1) is 55.5 Å². The van der Waals surface area contributed by atoms with Gasteiger partial charge in [0.1, 0.15) is 12.3 Å². The first kappa shape index (κ1) is 106. The van der Waals surface area contributed by atoms with Crippen molar-refractivity contribution in [2.75, 3.05) is 21.4 Å². The average Bonchev–Trinajstić information content (AvgIpc) is 0.739. The molecule has 6 aromatic heterocycles. The molecule has 0 saturated carbocycles. The second-order valence-electron chi connectivity index (χ2n) is 27.6. The van der Waals surface area contributed by atoms with E-state index < -0.39 is 12.3 Å². The van der Waals surface area contributed by atoms with E-state index in [2.05, 4.69) is 303 Å². The number of aromatic nitrogens is 6. The Morgan fingerprint density at radius 1 is 0.208 bits per heavy atom. The zero-order valence-corrected chi connectivity index (χ0v) is 78.0. The van der Waals surface area contributed by atoms with E-state index in [1.807, 2.05) is 146 Å². The second-order valence-corrected chi connectivity index (χ2v) is 30.9. The summed E-state index contributed by atoms with van der Waals surface area (Å²) >= 11 is 38.1. The fraction of sp³-hybridized carbons (Fsp3) is 0.184. The molecule has 0 bridgehead atoms. The van der Waals surface area contributed by atoms with E-state index in [0.717, 1.165) is 73.4 Å². The van der Waals surface area contributed by atoms with Gasteiger partial charge in [-0.25, -0.2) is 0 Å². The molecular formula is C98H100B2Cl8N8O2Rh2+2. The molecule has 14 rings (SSSR count). The molecule has 0 fully saturated rings. The molecule has 10 nitrogen and oxygen atoms in total. The number of hydrogen-bond donors (Lipinski definition) is 0. The molecule has 8 aromatic carbocycles. The van der Waals surface area contributed by atoms with Crippen LogP contribution in [0.25, 0.3) is 0 Å². The van der Waals surface area contributed by atoms with E-state index in [4.69, 9.17) is 102 Å². The van der Waals surface area contributed by atoms with Crippen molar-refractivity contribution < 1.29 is 48.3 Å². The van der Waals surface area contributed by atoms with Crippen molar-refractivity contribution >= 4 is 149 Å². The van der Waals surface area contributed by atoms with Crippen LogP contribution in [0.15, 0.2) is 340 Å². The van der Waals surface area contributed by atoms with Crippen molar-refractivity contribution in [1.82, 2.24) is 39.7 Å². The third-order valence-electron chi connectivity index (χ3n) is 19.3. The summed E-state index contributed by atoms with van der Waals surface area (Å²) in [6.45, 7) is 30.9. The fourth-order valence-corrected chi connectivity index (χ4v) is 13.8. The number of halogens is 8. The van der Waals surface area contributed by atoms with Crippen molar-refractivity contribution in [3.05, 3.63) is 432 Å². The molecule has 0 saturated heterocycles. The third kappa shape index (κ3) is 35.3. The van der Waals surface area contributed by atoms with Crippen molar-refractivity contribution in [2.24, 2.45) is 0 Å². The van der Waals surface area contributed by atoms with Crippen LogP contribution in [-0.4, -0.2) is 73.4 Å². The fourth-order valence-electron chi connectivity index (χ4n) is 13.8. The Hall–Kier alpha value is -8.24. The van der Waals surface area contributed by atoms with E-state index in [1.165, 1.54) is 88.2 Å². The molecule has 0 spiro atoms. The number of benzene rings is 8. The molecular weight excluding hydrogens is 1830 g/mol. The molecule has 0 N–H and O–H groups in total. The van der Waals surface area contributed by atoms with E-state index >= 15 is 0 Å². The first-order chi connectivity index (χ1) is 57.4. The molecule has 6 heterocycles. The second kappa shape index (κ2) is 61.1. The zero-order valence-electron chi connectivity index (χ0n) is 68.6. The Morgan fingerprint density at radius 3 is 0.408 bits per heavy atom. The van der Waals surface area contributed by atoms with Crippen LogP contribution in [0, 0.1) is 68.7 Å². The van der Waals surface area contributed by atoms with Crippen molar-refractivity contribution in [2.45, 2.75) is 94.7 Å². The van der Waals surface area contributed by atoms with E-state index in [1.54, 1.807) is 0 Å². The third-order valence-corrected chi connectivity index (χ3v) is 19.3. The first-order valence-electron chi connectivity index (χ1n) is 38.1. The summed E-state index contributed by atoms with van der Waals surface area (Å²) in [5, 5.41) is 0.778. The molecule has 0 unspecified atom stereocenters. The van der Waals surface area contributed by atoms with Crippen LogP contribution in [-0.2, 0) is 87.5 Å². The van der Waals surface area contributed by atoms with Gasteiger partial charge in [-0.05, 0) is 128 Å². The maximum atomic E-state index is 7.50. The van der Waals surface area contributed by atoms with Gasteiger partial charge in [0, 0.05) is 76.4 Å². The van der Waals surface area contributed by atoms with Gasteiger partial charge in [0.15, 0.2) is 0 Å². The maximum absolute atomic E-state index is 7.50. The van der Waals surface area contributed by atoms with Gasteiger partial charge in [-0.2, -0.15) is 43.7 Å². The van der Waals surface area contributed by atoms with Gasteiger partial charge in [-0.3, -0.25) is 39.7 Å². The number of aryl methyl sites for hydroxylation is 8. The Bertz CT molecular complexity index is 4110. The molecule has 0 atom stereocenters. The molecule has 0 amide bonds. The van der Waals surface area contributed by atoms with Crippen molar-refractivity contribution in [1.29, 1.82) is 0 Å². The van der Waals surface area contributed by atoms with Gasteiger partial charge in [0.2, 0.25) is 0 Å². The normalized spacial score (nSPS) is 10.1. The van der Waals surface area contributed by atoms with Crippen LogP contribution < -0.4 is 43.7 Å². The Labute approximate surface area is 778 Å². The Morgan fingerprint density at radius 2 is 0.317 bits per heavy atom. The van der Waals surface area contributed by atoms with Gasteiger partial charge in [-0.15, -0.1) is 92.8 Å². The van der Waals surface area contributed by atoms with Crippen molar-refractivity contribution in [3.8, 4) is 0 Å². The summed E-state index contributed by atoms with van der Waals surface area (Å²) in [7, 11) is 0. The summed E-state index contributed by atoms with van der Waals surface area (Å²) in [4.78, 5) is 31.1.